The molecule has 0 bridgehead atoms. The Morgan fingerprint density at radius 2 is 1.79 bits per heavy atom. The van der Waals surface area contributed by atoms with Crippen molar-refractivity contribution >= 4 is 29.3 Å². The maximum Gasteiger partial charge on any atom is 0.338 e. The summed E-state index contributed by atoms with van der Waals surface area (Å²) >= 11 is 1.31. The zero-order valence-electron chi connectivity index (χ0n) is 20.1. The van der Waals surface area contributed by atoms with Crippen LogP contribution in [0, 0.1) is 13.8 Å². The Morgan fingerprint density at radius 1 is 1.06 bits per heavy atom. The molecule has 8 nitrogen and oxygen atoms in total. The first-order valence-corrected chi connectivity index (χ1v) is 12.2. The molecule has 0 aliphatic carbocycles. The molecule has 0 radical (unpaired) electrons. The van der Waals surface area contributed by atoms with E-state index < -0.39 is 0 Å². The van der Waals surface area contributed by atoms with E-state index >= 15 is 0 Å². The van der Waals surface area contributed by atoms with Crippen LogP contribution in [-0.2, 0) is 16.1 Å². The molecule has 3 aromatic rings. The Labute approximate surface area is 204 Å². The third kappa shape index (κ3) is 6.38. The van der Waals surface area contributed by atoms with Crippen LogP contribution in [0.2, 0.25) is 0 Å². The molecule has 1 unspecified atom stereocenters. The van der Waals surface area contributed by atoms with Crippen molar-refractivity contribution in [3.05, 3.63) is 65.0 Å². The number of rotatable bonds is 10. The van der Waals surface area contributed by atoms with Gasteiger partial charge in [0.25, 0.3) is 0 Å². The van der Waals surface area contributed by atoms with Gasteiger partial charge in [0.05, 0.1) is 17.9 Å². The van der Waals surface area contributed by atoms with E-state index in [1.54, 1.807) is 31.2 Å². The second-order valence-electron chi connectivity index (χ2n) is 7.73. The van der Waals surface area contributed by atoms with Gasteiger partial charge in [0, 0.05) is 12.2 Å². The lowest BCUT2D eigenvalue weighted by molar-refractivity contribution is -0.113. The predicted octanol–water partition coefficient (Wildman–Crippen LogP) is 4.96. The minimum atomic E-state index is -0.388. The van der Waals surface area contributed by atoms with Gasteiger partial charge in [-0.3, -0.25) is 4.79 Å². The van der Waals surface area contributed by atoms with Crippen molar-refractivity contribution in [1.82, 2.24) is 14.8 Å². The molecule has 1 heterocycles. The fourth-order valence-corrected chi connectivity index (χ4v) is 4.09. The van der Waals surface area contributed by atoms with Gasteiger partial charge in [-0.05, 0) is 82.1 Å². The number of nitrogens with zero attached hydrogens (tertiary/aromatic N) is 3. The normalized spacial score (nSPS) is 11.7. The number of carbonyl (C=O) groups excluding carboxylic acids is 2. The van der Waals surface area contributed by atoms with E-state index in [9.17, 15) is 9.59 Å². The molecular formula is C25H30N4O4S. The summed E-state index contributed by atoms with van der Waals surface area (Å²) in [5.41, 5.74) is 3.42. The average Bonchev–Trinajstić information content (AvgIpc) is 3.24. The quantitative estimate of drug-likeness (QED) is 0.322. The number of ether oxygens (including phenoxy) is 2. The summed E-state index contributed by atoms with van der Waals surface area (Å²) in [7, 11) is 0. The molecule has 0 saturated carbocycles. The molecule has 1 amide bonds. The maximum absolute atomic E-state index is 12.4. The maximum atomic E-state index is 12.4. The molecule has 9 heteroatoms. The van der Waals surface area contributed by atoms with E-state index in [0.29, 0.717) is 35.4 Å². The van der Waals surface area contributed by atoms with Crippen molar-refractivity contribution in [1.29, 1.82) is 0 Å². The van der Waals surface area contributed by atoms with Gasteiger partial charge in [-0.25, -0.2) is 4.79 Å². The fourth-order valence-electron chi connectivity index (χ4n) is 3.28. The number of benzene rings is 2. The van der Waals surface area contributed by atoms with Crippen LogP contribution < -0.4 is 10.1 Å². The van der Waals surface area contributed by atoms with Gasteiger partial charge in [0.1, 0.15) is 5.75 Å². The lowest BCUT2D eigenvalue weighted by Gasteiger charge is -2.16. The summed E-state index contributed by atoms with van der Waals surface area (Å²) in [6.07, 6.45) is -0.296. The molecule has 1 aromatic heterocycles. The smallest absolute Gasteiger partial charge is 0.338 e. The van der Waals surface area contributed by atoms with Gasteiger partial charge < -0.3 is 19.4 Å². The minimum Gasteiger partial charge on any atom is -0.483 e. The Hall–Kier alpha value is -3.33. The number of aromatic nitrogens is 3. The highest BCUT2D eigenvalue weighted by Crippen LogP contribution is 2.26. The molecule has 1 atom stereocenters. The highest BCUT2D eigenvalue weighted by atomic mass is 32.2. The minimum absolute atomic E-state index is 0.171. The van der Waals surface area contributed by atoms with Crippen LogP contribution >= 0.6 is 11.8 Å². The van der Waals surface area contributed by atoms with Crippen LogP contribution in [-0.4, -0.2) is 39.0 Å². The first-order valence-electron chi connectivity index (χ1n) is 11.2. The molecule has 180 valence electrons. The molecule has 2 aromatic carbocycles. The number of hydrogen-bond donors (Lipinski definition) is 1. The van der Waals surface area contributed by atoms with E-state index in [1.807, 2.05) is 36.6 Å². The Kier molecular flexibility index (Phi) is 8.70. The lowest BCUT2D eigenvalue weighted by Crippen LogP contribution is -2.15. The third-order valence-electron chi connectivity index (χ3n) is 5.23. The standard InChI is InChI=1S/C25H30N4O4S/c1-6-29-23(18(5)33-21-13-8-16(3)17(4)14-21)27-28-25(29)34-15-22(30)26-20-11-9-19(10-12-20)24(31)32-7-2/h8-14,18H,6-7,15H2,1-5H3,(H,26,30). The molecule has 0 aliphatic heterocycles. The van der Waals surface area contributed by atoms with Gasteiger partial charge >= 0.3 is 5.97 Å². The summed E-state index contributed by atoms with van der Waals surface area (Å²) in [6, 6.07) is 12.6. The molecule has 0 fully saturated rings. The van der Waals surface area contributed by atoms with E-state index in [4.69, 9.17) is 9.47 Å². The average molecular weight is 483 g/mol. The van der Waals surface area contributed by atoms with E-state index in [1.165, 1.54) is 22.9 Å². The highest BCUT2D eigenvalue weighted by Gasteiger charge is 2.20. The zero-order valence-corrected chi connectivity index (χ0v) is 20.9. The van der Waals surface area contributed by atoms with Crippen LogP contribution in [0.3, 0.4) is 0 Å². The predicted molar refractivity (Wildman–Crippen MR) is 132 cm³/mol. The zero-order chi connectivity index (χ0) is 24.7. The molecule has 34 heavy (non-hydrogen) atoms. The monoisotopic (exact) mass is 482 g/mol. The van der Waals surface area contributed by atoms with Crippen molar-refractivity contribution in [2.75, 3.05) is 17.7 Å². The molecule has 1 N–H and O–H groups in total. The van der Waals surface area contributed by atoms with Gasteiger partial charge in [-0.15, -0.1) is 10.2 Å². The van der Waals surface area contributed by atoms with E-state index in [2.05, 4.69) is 29.4 Å². The molecule has 0 aliphatic rings. The van der Waals surface area contributed by atoms with Crippen molar-refractivity contribution < 1.29 is 19.1 Å². The largest absolute Gasteiger partial charge is 0.483 e. The van der Waals surface area contributed by atoms with Crippen LogP contribution in [0.1, 0.15) is 54.2 Å². The first kappa shape index (κ1) is 25.3. The van der Waals surface area contributed by atoms with E-state index in [0.717, 1.165) is 5.75 Å². The first-order chi connectivity index (χ1) is 16.3. The second kappa shape index (κ2) is 11.7. The SMILES string of the molecule is CCOC(=O)c1ccc(NC(=O)CSc2nnc(C(C)Oc3ccc(C)c(C)c3)n2CC)cc1. The number of aryl methyl sites for hydroxylation is 2. The topological polar surface area (TPSA) is 95.3 Å². The number of esters is 1. The number of carbonyl (C=O) groups is 2. The number of thioether (sulfide) groups is 1. The van der Waals surface area contributed by atoms with Crippen molar-refractivity contribution in [2.45, 2.75) is 52.4 Å². The molecule has 0 spiro atoms. The van der Waals surface area contributed by atoms with Gasteiger partial charge in [0.2, 0.25) is 5.91 Å². The highest BCUT2D eigenvalue weighted by molar-refractivity contribution is 7.99. The van der Waals surface area contributed by atoms with E-state index in [-0.39, 0.29) is 23.7 Å². The Balaban J connectivity index is 1.59. The van der Waals surface area contributed by atoms with Crippen LogP contribution in [0.15, 0.2) is 47.6 Å². The van der Waals surface area contributed by atoms with Crippen molar-refractivity contribution in [3.63, 3.8) is 0 Å². The summed E-state index contributed by atoms with van der Waals surface area (Å²) < 4.78 is 13.0. The van der Waals surface area contributed by atoms with Crippen LogP contribution in [0.5, 0.6) is 5.75 Å². The summed E-state index contributed by atoms with van der Waals surface area (Å²) in [5, 5.41) is 12.1. The molecule has 0 saturated heterocycles. The summed E-state index contributed by atoms with van der Waals surface area (Å²) in [4.78, 5) is 24.2. The van der Waals surface area contributed by atoms with Gasteiger partial charge in [-0.2, -0.15) is 0 Å². The number of hydrogen-bond acceptors (Lipinski definition) is 7. The number of amides is 1. The van der Waals surface area contributed by atoms with Gasteiger partial charge in [-0.1, -0.05) is 17.8 Å². The Morgan fingerprint density at radius 3 is 2.44 bits per heavy atom. The van der Waals surface area contributed by atoms with Crippen molar-refractivity contribution in [3.8, 4) is 5.75 Å². The Bertz CT molecular complexity index is 1140. The summed E-state index contributed by atoms with van der Waals surface area (Å²) in [5.74, 6) is 1.09. The summed E-state index contributed by atoms with van der Waals surface area (Å²) in [6.45, 7) is 10.8. The fraction of sp³-hybridized carbons (Fsp3) is 0.360. The van der Waals surface area contributed by atoms with Crippen molar-refractivity contribution in [2.24, 2.45) is 0 Å². The third-order valence-corrected chi connectivity index (χ3v) is 6.20. The number of anilines is 1. The van der Waals surface area contributed by atoms with Crippen LogP contribution in [0.4, 0.5) is 5.69 Å². The van der Waals surface area contributed by atoms with Gasteiger partial charge in [0.15, 0.2) is 17.1 Å². The molecular weight excluding hydrogens is 452 g/mol. The molecule has 3 rings (SSSR count). The lowest BCUT2D eigenvalue weighted by atomic mass is 10.1. The second-order valence-corrected chi connectivity index (χ2v) is 8.67. The number of nitrogens with one attached hydrogen (secondary N) is 1. The van der Waals surface area contributed by atoms with Crippen LogP contribution in [0.25, 0.3) is 0 Å².